The highest BCUT2D eigenvalue weighted by Gasteiger charge is 2.27. The van der Waals surface area contributed by atoms with Crippen LogP contribution in [0.2, 0.25) is 10.2 Å². The van der Waals surface area contributed by atoms with Crippen LogP contribution < -0.4 is 10.2 Å². The first-order chi connectivity index (χ1) is 13.0. The van der Waals surface area contributed by atoms with Gasteiger partial charge in [-0.15, -0.1) is 0 Å². The molecule has 1 fully saturated rings. The van der Waals surface area contributed by atoms with Crippen LogP contribution in [0.4, 0.5) is 5.82 Å². The lowest BCUT2D eigenvalue weighted by molar-refractivity contribution is -0.133. The number of halogens is 2. The van der Waals surface area contributed by atoms with Gasteiger partial charge in [-0.1, -0.05) is 41.4 Å². The van der Waals surface area contributed by atoms with Crippen molar-refractivity contribution in [2.45, 2.75) is 13.0 Å². The molecule has 1 N–H and O–H groups in total. The number of rotatable bonds is 4. The van der Waals surface area contributed by atoms with Gasteiger partial charge >= 0.3 is 0 Å². The van der Waals surface area contributed by atoms with Crippen LogP contribution in [0.15, 0.2) is 42.5 Å². The van der Waals surface area contributed by atoms with E-state index in [0.29, 0.717) is 41.9 Å². The van der Waals surface area contributed by atoms with Crippen LogP contribution >= 0.6 is 23.2 Å². The fourth-order valence-corrected chi connectivity index (χ4v) is 3.37. The molecule has 1 saturated heterocycles. The van der Waals surface area contributed by atoms with Crippen LogP contribution in [0.5, 0.6) is 0 Å². The van der Waals surface area contributed by atoms with Gasteiger partial charge in [0.25, 0.3) is 5.91 Å². The van der Waals surface area contributed by atoms with Gasteiger partial charge in [-0.2, -0.15) is 0 Å². The van der Waals surface area contributed by atoms with E-state index in [1.165, 1.54) is 0 Å². The highest BCUT2D eigenvalue weighted by molar-refractivity contribution is 6.33. The number of hydrogen-bond donors (Lipinski definition) is 1. The molecule has 142 valence electrons. The number of nitrogens with zero attached hydrogens (tertiary/aromatic N) is 3. The SMILES string of the molecule is CC(NC(=O)c1ccccc1Cl)C(=O)N1CCN(c2cccc(Cl)n2)CC1. The number of nitrogens with one attached hydrogen (secondary N) is 1. The van der Waals surface area contributed by atoms with E-state index >= 15 is 0 Å². The van der Waals surface area contributed by atoms with Crippen molar-refractivity contribution in [2.24, 2.45) is 0 Å². The lowest BCUT2D eigenvalue weighted by Crippen LogP contribution is -2.54. The summed E-state index contributed by atoms with van der Waals surface area (Å²) in [6, 6.07) is 11.6. The first kappa shape index (κ1) is 19.5. The number of pyridine rings is 1. The Bertz CT molecular complexity index is 838. The summed E-state index contributed by atoms with van der Waals surface area (Å²) in [6.07, 6.45) is 0. The van der Waals surface area contributed by atoms with Gasteiger partial charge in [0.2, 0.25) is 5.91 Å². The molecule has 1 aromatic carbocycles. The number of amides is 2. The maximum absolute atomic E-state index is 12.7. The molecule has 2 amide bonds. The maximum Gasteiger partial charge on any atom is 0.253 e. The number of hydrogen-bond acceptors (Lipinski definition) is 4. The van der Waals surface area contributed by atoms with Crippen molar-refractivity contribution < 1.29 is 9.59 Å². The Kier molecular flexibility index (Phi) is 6.19. The molecule has 0 aliphatic carbocycles. The summed E-state index contributed by atoms with van der Waals surface area (Å²) in [5.41, 5.74) is 0.357. The Hall–Kier alpha value is -2.31. The zero-order chi connectivity index (χ0) is 19.4. The lowest BCUT2D eigenvalue weighted by atomic mass is 10.2. The summed E-state index contributed by atoms with van der Waals surface area (Å²) >= 11 is 12.0. The summed E-state index contributed by atoms with van der Waals surface area (Å²) < 4.78 is 0. The fourth-order valence-electron chi connectivity index (χ4n) is 2.98. The largest absolute Gasteiger partial charge is 0.353 e. The van der Waals surface area contributed by atoms with Crippen LogP contribution in [0.1, 0.15) is 17.3 Å². The van der Waals surface area contributed by atoms with Crippen molar-refractivity contribution in [3.63, 3.8) is 0 Å². The lowest BCUT2D eigenvalue weighted by Gasteiger charge is -2.36. The van der Waals surface area contributed by atoms with Crippen molar-refractivity contribution in [1.29, 1.82) is 0 Å². The van der Waals surface area contributed by atoms with Crippen molar-refractivity contribution >= 4 is 40.8 Å². The van der Waals surface area contributed by atoms with Crippen LogP contribution in [-0.4, -0.2) is 53.9 Å². The molecular weight excluding hydrogens is 387 g/mol. The second-order valence-corrected chi connectivity index (χ2v) is 7.10. The second kappa shape index (κ2) is 8.59. The standard InChI is InChI=1S/C19H20Cl2N4O2/c1-13(22-18(26)14-5-2-3-6-15(14)20)19(27)25-11-9-24(10-12-25)17-8-4-7-16(21)23-17/h2-8,13H,9-12H2,1H3,(H,22,26). The molecule has 1 aliphatic heterocycles. The Balaban J connectivity index is 1.55. The van der Waals surface area contributed by atoms with Crippen LogP contribution in [0, 0.1) is 0 Å². The Morgan fingerprint density at radius 2 is 1.74 bits per heavy atom. The van der Waals surface area contributed by atoms with Gasteiger partial charge in [0, 0.05) is 26.2 Å². The zero-order valence-corrected chi connectivity index (χ0v) is 16.4. The van der Waals surface area contributed by atoms with E-state index in [1.807, 2.05) is 12.1 Å². The average molecular weight is 407 g/mol. The minimum Gasteiger partial charge on any atom is -0.353 e. The number of anilines is 1. The predicted octanol–water partition coefficient (Wildman–Crippen LogP) is 2.86. The van der Waals surface area contributed by atoms with Gasteiger partial charge in [0.15, 0.2) is 0 Å². The molecule has 1 aliphatic rings. The molecule has 0 spiro atoms. The monoisotopic (exact) mass is 406 g/mol. The van der Waals surface area contributed by atoms with E-state index in [0.717, 1.165) is 5.82 Å². The number of carbonyl (C=O) groups is 2. The molecule has 1 atom stereocenters. The van der Waals surface area contributed by atoms with Gasteiger partial charge < -0.3 is 15.1 Å². The van der Waals surface area contributed by atoms with Gasteiger partial charge in [-0.25, -0.2) is 4.98 Å². The molecule has 6 nitrogen and oxygen atoms in total. The highest BCUT2D eigenvalue weighted by Crippen LogP contribution is 2.17. The number of benzene rings is 1. The van der Waals surface area contributed by atoms with Gasteiger partial charge in [0.05, 0.1) is 10.6 Å². The number of aromatic nitrogens is 1. The van der Waals surface area contributed by atoms with Crippen molar-refractivity contribution in [2.75, 3.05) is 31.1 Å². The van der Waals surface area contributed by atoms with E-state index in [9.17, 15) is 9.59 Å². The maximum atomic E-state index is 12.7. The van der Waals surface area contributed by atoms with E-state index in [2.05, 4.69) is 15.2 Å². The third-order valence-corrected chi connectivity index (χ3v) is 4.99. The molecule has 1 aromatic heterocycles. The summed E-state index contributed by atoms with van der Waals surface area (Å²) in [5.74, 6) is 0.326. The molecule has 3 rings (SSSR count). The molecular formula is C19H20Cl2N4O2. The first-order valence-corrected chi connectivity index (χ1v) is 9.43. The smallest absolute Gasteiger partial charge is 0.253 e. The molecule has 0 bridgehead atoms. The zero-order valence-electron chi connectivity index (χ0n) is 14.9. The minimum absolute atomic E-state index is 0.117. The molecule has 2 heterocycles. The summed E-state index contributed by atoms with van der Waals surface area (Å²) in [6.45, 7) is 4.11. The molecule has 1 unspecified atom stereocenters. The van der Waals surface area contributed by atoms with Gasteiger partial charge in [0.1, 0.15) is 17.0 Å². The average Bonchev–Trinajstić information content (AvgIpc) is 2.67. The van der Waals surface area contributed by atoms with Crippen molar-refractivity contribution in [1.82, 2.24) is 15.2 Å². The van der Waals surface area contributed by atoms with Crippen LogP contribution in [0.25, 0.3) is 0 Å². The van der Waals surface area contributed by atoms with Crippen molar-refractivity contribution in [3.8, 4) is 0 Å². The Labute approximate surface area is 168 Å². The summed E-state index contributed by atoms with van der Waals surface area (Å²) in [7, 11) is 0. The van der Waals surface area contributed by atoms with Crippen LogP contribution in [0.3, 0.4) is 0 Å². The third kappa shape index (κ3) is 4.70. The summed E-state index contributed by atoms with van der Waals surface area (Å²) in [4.78, 5) is 33.1. The van der Waals surface area contributed by atoms with Crippen molar-refractivity contribution in [3.05, 3.63) is 58.2 Å². The van der Waals surface area contributed by atoms with E-state index in [1.54, 1.807) is 42.2 Å². The minimum atomic E-state index is -0.635. The molecule has 8 heteroatoms. The van der Waals surface area contributed by atoms with Gasteiger partial charge in [-0.05, 0) is 31.2 Å². The normalized spacial score (nSPS) is 15.4. The predicted molar refractivity (Wildman–Crippen MR) is 106 cm³/mol. The number of piperazine rings is 1. The second-order valence-electron chi connectivity index (χ2n) is 6.31. The van der Waals surface area contributed by atoms with Gasteiger partial charge in [-0.3, -0.25) is 9.59 Å². The molecule has 0 radical (unpaired) electrons. The quantitative estimate of drug-likeness (QED) is 0.792. The van der Waals surface area contributed by atoms with Crippen LogP contribution in [-0.2, 0) is 4.79 Å². The van der Waals surface area contributed by atoms with E-state index in [4.69, 9.17) is 23.2 Å². The molecule has 0 saturated carbocycles. The Morgan fingerprint density at radius 1 is 1.04 bits per heavy atom. The fraction of sp³-hybridized carbons (Fsp3) is 0.316. The summed E-state index contributed by atoms with van der Waals surface area (Å²) in [5, 5.41) is 3.53. The molecule has 27 heavy (non-hydrogen) atoms. The molecule has 2 aromatic rings. The van der Waals surface area contributed by atoms with E-state index < -0.39 is 6.04 Å². The third-order valence-electron chi connectivity index (χ3n) is 4.45. The highest BCUT2D eigenvalue weighted by atomic mass is 35.5. The first-order valence-electron chi connectivity index (χ1n) is 8.67. The topological polar surface area (TPSA) is 65.5 Å². The number of carbonyl (C=O) groups excluding carboxylic acids is 2. The van der Waals surface area contributed by atoms with E-state index in [-0.39, 0.29) is 11.8 Å². The Morgan fingerprint density at radius 3 is 2.41 bits per heavy atom.